The van der Waals surface area contributed by atoms with Crippen molar-refractivity contribution >= 4 is 23.2 Å². The van der Waals surface area contributed by atoms with Gasteiger partial charge in [-0.25, -0.2) is 0 Å². The molecule has 0 spiro atoms. The summed E-state index contributed by atoms with van der Waals surface area (Å²) >= 11 is 6.01. The molecule has 0 saturated carbocycles. The third kappa shape index (κ3) is 5.11. The first-order valence-corrected chi connectivity index (χ1v) is 8.42. The zero-order chi connectivity index (χ0) is 18.4. The summed E-state index contributed by atoms with van der Waals surface area (Å²) in [4.78, 5) is 13.6. The van der Waals surface area contributed by atoms with E-state index in [9.17, 15) is 4.79 Å². The van der Waals surface area contributed by atoms with E-state index in [0.29, 0.717) is 16.5 Å². The van der Waals surface area contributed by atoms with E-state index in [1.807, 2.05) is 38.2 Å². The highest BCUT2D eigenvalue weighted by atomic mass is 35.5. The summed E-state index contributed by atoms with van der Waals surface area (Å²) < 4.78 is 10.4. The van der Waals surface area contributed by atoms with Crippen LogP contribution in [0.5, 0.6) is 11.5 Å². The Balaban J connectivity index is 2.02. The summed E-state index contributed by atoms with van der Waals surface area (Å²) in [5, 5.41) is 3.44. The number of benzene rings is 2. The van der Waals surface area contributed by atoms with E-state index in [-0.39, 0.29) is 11.9 Å². The van der Waals surface area contributed by atoms with Crippen LogP contribution in [0.25, 0.3) is 0 Å². The van der Waals surface area contributed by atoms with Gasteiger partial charge in [0.05, 0.1) is 27.0 Å². The molecule has 1 amide bonds. The van der Waals surface area contributed by atoms with Crippen LogP contribution in [-0.4, -0.2) is 33.2 Å². The number of amides is 1. The summed E-state index contributed by atoms with van der Waals surface area (Å²) in [6.45, 7) is 2.62. The van der Waals surface area contributed by atoms with Gasteiger partial charge in [-0.3, -0.25) is 4.79 Å². The van der Waals surface area contributed by atoms with Gasteiger partial charge in [0.2, 0.25) is 0 Å². The van der Waals surface area contributed by atoms with Crippen molar-refractivity contribution in [1.82, 2.24) is 0 Å². The molecule has 134 valence electrons. The van der Waals surface area contributed by atoms with Crippen molar-refractivity contribution in [3.05, 3.63) is 53.1 Å². The molecule has 2 aromatic rings. The molecule has 0 aliphatic rings. The Bertz CT molecular complexity index is 719. The maximum atomic E-state index is 12.6. The molecule has 2 aromatic carbocycles. The Morgan fingerprint density at radius 1 is 1.16 bits per heavy atom. The third-order valence-corrected chi connectivity index (χ3v) is 4.43. The van der Waals surface area contributed by atoms with E-state index in [2.05, 4.69) is 5.32 Å². The SMILES string of the molecule is COc1ccc(C[NH+](C)[C@@H](C)C(=O)Nc2cc(Cl)ccc2OC)cc1. The summed E-state index contributed by atoms with van der Waals surface area (Å²) in [7, 11) is 5.19. The molecule has 25 heavy (non-hydrogen) atoms. The molecule has 2 rings (SSSR count). The highest BCUT2D eigenvalue weighted by Crippen LogP contribution is 2.27. The Morgan fingerprint density at radius 3 is 2.44 bits per heavy atom. The fraction of sp³-hybridized carbons (Fsp3) is 0.316. The van der Waals surface area contributed by atoms with Crippen molar-refractivity contribution in [2.45, 2.75) is 19.5 Å². The number of carbonyl (C=O) groups is 1. The van der Waals surface area contributed by atoms with Gasteiger partial charge in [-0.1, -0.05) is 11.6 Å². The first-order valence-electron chi connectivity index (χ1n) is 8.04. The van der Waals surface area contributed by atoms with Crippen LogP contribution in [-0.2, 0) is 11.3 Å². The quantitative estimate of drug-likeness (QED) is 0.794. The average Bonchev–Trinajstić information content (AvgIpc) is 2.61. The van der Waals surface area contributed by atoms with Gasteiger partial charge in [0.25, 0.3) is 5.91 Å². The van der Waals surface area contributed by atoms with E-state index in [1.165, 1.54) is 0 Å². The van der Waals surface area contributed by atoms with Crippen molar-refractivity contribution in [1.29, 1.82) is 0 Å². The monoisotopic (exact) mass is 363 g/mol. The van der Waals surface area contributed by atoms with Crippen LogP contribution in [0.2, 0.25) is 5.02 Å². The van der Waals surface area contributed by atoms with Crippen molar-refractivity contribution < 1.29 is 19.2 Å². The number of ether oxygens (including phenoxy) is 2. The number of methoxy groups -OCH3 is 2. The van der Waals surface area contributed by atoms with Crippen LogP contribution in [0.15, 0.2) is 42.5 Å². The lowest BCUT2D eigenvalue weighted by atomic mass is 10.1. The first-order chi connectivity index (χ1) is 11.9. The predicted molar refractivity (Wildman–Crippen MR) is 99.7 cm³/mol. The summed E-state index contributed by atoms with van der Waals surface area (Å²) in [5.41, 5.74) is 1.71. The largest absolute Gasteiger partial charge is 0.497 e. The summed E-state index contributed by atoms with van der Waals surface area (Å²) in [6, 6.07) is 12.8. The molecule has 1 unspecified atom stereocenters. The molecule has 5 nitrogen and oxygen atoms in total. The maximum Gasteiger partial charge on any atom is 0.282 e. The van der Waals surface area contributed by atoms with Crippen molar-refractivity contribution in [2.75, 3.05) is 26.6 Å². The molecule has 0 bridgehead atoms. The smallest absolute Gasteiger partial charge is 0.282 e. The van der Waals surface area contributed by atoms with Gasteiger partial charge < -0.3 is 19.7 Å². The second-order valence-electron chi connectivity index (χ2n) is 5.93. The van der Waals surface area contributed by atoms with Gasteiger partial charge in [0, 0.05) is 10.6 Å². The molecule has 0 aromatic heterocycles. The zero-order valence-electron chi connectivity index (χ0n) is 14.9. The van der Waals surface area contributed by atoms with E-state index in [4.69, 9.17) is 21.1 Å². The number of halogens is 1. The lowest BCUT2D eigenvalue weighted by molar-refractivity contribution is -0.907. The molecule has 2 N–H and O–H groups in total. The summed E-state index contributed by atoms with van der Waals surface area (Å²) in [5.74, 6) is 1.31. The third-order valence-electron chi connectivity index (χ3n) is 4.19. The molecule has 6 heteroatoms. The normalized spacial score (nSPS) is 13.0. The fourth-order valence-corrected chi connectivity index (χ4v) is 2.63. The van der Waals surface area contributed by atoms with Crippen molar-refractivity contribution in [3.8, 4) is 11.5 Å². The molecule has 0 radical (unpaired) electrons. The van der Waals surface area contributed by atoms with Crippen LogP contribution in [0.1, 0.15) is 12.5 Å². The molecular formula is C19H24ClN2O3+. The number of rotatable bonds is 7. The van der Waals surface area contributed by atoms with E-state index >= 15 is 0 Å². The van der Waals surface area contributed by atoms with Gasteiger partial charge in [-0.2, -0.15) is 0 Å². The molecule has 0 aliphatic carbocycles. The van der Waals surface area contributed by atoms with Gasteiger partial charge in [0.15, 0.2) is 6.04 Å². The van der Waals surface area contributed by atoms with Crippen LogP contribution in [0.4, 0.5) is 5.69 Å². The van der Waals surface area contributed by atoms with Gasteiger partial charge >= 0.3 is 0 Å². The molecule has 0 aliphatic heterocycles. The second kappa shape index (κ2) is 8.74. The van der Waals surface area contributed by atoms with Crippen LogP contribution < -0.4 is 19.7 Å². The lowest BCUT2D eigenvalue weighted by Crippen LogP contribution is -3.12. The standard InChI is InChI=1S/C19H23ClN2O3/c1-13(22(2)12-14-5-8-16(24-3)9-6-14)19(23)21-17-11-15(20)7-10-18(17)25-4/h5-11,13H,12H2,1-4H3,(H,21,23)/p+1/t13-/m0/s1. The Hall–Kier alpha value is -2.24. The zero-order valence-corrected chi connectivity index (χ0v) is 15.7. The maximum absolute atomic E-state index is 12.6. The lowest BCUT2D eigenvalue weighted by Gasteiger charge is -2.21. The van der Waals surface area contributed by atoms with E-state index in [0.717, 1.165) is 22.8 Å². The molecule has 0 fully saturated rings. The minimum absolute atomic E-state index is 0.0911. The summed E-state index contributed by atoms with van der Waals surface area (Å²) in [6.07, 6.45) is 0. The first kappa shape index (κ1) is 19.1. The van der Waals surface area contributed by atoms with E-state index < -0.39 is 0 Å². The Kier molecular flexibility index (Phi) is 6.67. The second-order valence-corrected chi connectivity index (χ2v) is 6.36. The van der Waals surface area contributed by atoms with E-state index in [1.54, 1.807) is 32.4 Å². The molecule has 0 heterocycles. The van der Waals surface area contributed by atoms with Crippen LogP contribution in [0.3, 0.4) is 0 Å². The number of quaternary nitrogens is 1. The van der Waals surface area contributed by atoms with Gasteiger partial charge in [0.1, 0.15) is 18.0 Å². The van der Waals surface area contributed by atoms with Gasteiger partial charge in [-0.15, -0.1) is 0 Å². The fourth-order valence-electron chi connectivity index (χ4n) is 2.46. The molecular weight excluding hydrogens is 340 g/mol. The number of hydrogen-bond acceptors (Lipinski definition) is 3. The topological polar surface area (TPSA) is 52.0 Å². The molecule has 0 saturated heterocycles. The predicted octanol–water partition coefficient (Wildman–Crippen LogP) is 2.40. The number of anilines is 1. The Morgan fingerprint density at radius 2 is 1.84 bits per heavy atom. The average molecular weight is 364 g/mol. The number of hydrogen-bond donors (Lipinski definition) is 2. The minimum atomic E-state index is -0.245. The number of carbonyl (C=O) groups excluding carboxylic acids is 1. The Labute approximate surface area is 153 Å². The highest BCUT2D eigenvalue weighted by molar-refractivity contribution is 6.31. The highest BCUT2D eigenvalue weighted by Gasteiger charge is 2.23. The number of likely N-dealkylation sites (N-methyl/N-ethyl adjacent to an activating group) is 1. The minimum Gasteiger partial charge on any atom is -0.497 e. The van der Waals surface area contributed by atoms with Crippen molar-refractivity contribution in [2.24, 2.45) is 0 Å². The molecule has 2 atom stereocenters. The number of nitrogens with one attached hydrogen (secondary N) is 2. The van der Waals surface area contributed by atoms with Crippen LogP contribution >= 0.6 is 11.6 Å². The van der Waals surface area contributed by atoms with Gasteiger partial charge in [-0.05, 0) is 49.4 Å². The van der Waals surface area contributed by atoms with Crippen LogP contribution in [0, 0.1) is 0 Å². The van der Waals surface area contributed by atoms with Crippen molar-refractivity contribution in [3.63, 3.8) is 0 Å².